The van der Waals surface area contributed by atoms with Crippen LogP contribution in [0.1, 0.15) is 74.7 Å². The third-order valence-corrected chi connectivity index (χ3v) is 9.80. The molecule has 2 amide bonds. The van der Waals surface area contributed by atoms with Crippen LogP contribution in [-0.4, -0.2) is 44.1 Å². The molecule has 43 heavy (non-hydrogen) atoms. The Bertz CT molecular complexity index is 1630. The number of thiazole rings is 1. The number of halogens is 1. The van der Waals surface area contributed by atoms with Gasteiger partial charge in [0.15, 0.2) is 0 Å². The predicted molar refractivity (Wildman–Crippen MR) is 168 cm³/mol. The van der Waals surface area contributed by atoms with E-state index in [0.29, 0.717) is 30.4 Å². The van der Waals surface area contributed by atoms with Crippen LogP contribution in [0.15, 0.2) is 36.5 Å². The number of nitrogens with one attached hydrogen (secondary N) is 4. The Labute approximate surface area is 254 Å². The zero-order chi connectivity index (χ0) is 29.5. The number of urea groups is 1. The van der Waals surface area contributed by atoms with Crippen molar-refractivity contribution in [3.05, 3.63) is 59.3 Å². The lowest BCUT2D eigenvalue weighted by Crippen LogP contribution is -2.41. The molecule has 224 valence electrons. The Hall–Kier alpha value is -3.86. The number of benzene rings is 1. The molecule has 7 rings (SSSR count). The van der Waals surface area contributed by atoms with Crippen molar-refractivity contribution in [2.45, 2.75) is 89.4 Å². The summed E-state index contributed by atoms with van der Waals surface area (Å²) in [5.41, 5.74) is 4.77. The SMILES string of the molecule is Cc1nc(NC(C)C2CC2)nc(NC2CCC(NC(=O)NCc3ccc(F)cc3)C2)c1-c1nc2c(C3CC3)nccc2s1. The van der Waals surface area contributed by atoms with Crippen LogP contribution >= 0.6 is 11.3 Å². The highest BCUT2D eigenvalue weighted by Crippen LogP contribution is 2.44. The van der Waals surface area contributed by atoms with Gasteiger partial charge in [0, 0.05) is 36.8 Å². The number of hydrogen-bond donors (Lipinski definition) is 4. The van der Waals surface area contributed by atoms with Crippen molar-refractivity contribution in [2.24, 2.45) is 5.92 Å². The first kappa shape index (κ1) is 27.9. The van der Waals surface area contributed by atoms with Crippen LogP contribution in [0.4, 0.5) is 21.0 Å². The van der Waals surface area contributed by atoms with E-state index in [1.54, 1.807) is 23.5 Å². The van der Waals surface area contributed by atoms with E-state index in [-0.39, 0.29) is 23.9 Å². The number of pyridine rings is 1. The number of anilines is 2. The van der Waals surface area contributed by atoms with E-state index < -0.39 is 0 Å². The lowest BCUT2D eigenvalue weighted by Gasteiger charge is -2.20. The van der Waals surface area contributed by atoms with Crippen LogP contribution in [0.25, 0.3) is 20.8 Å². The maximum atomic E-state index is 13.2. The van der Waals surface area contributed by atoms with Crippen LogP contribution in [-0.2, 0) is 6.54 Å². The van der Waals surface area contributed by atoms with Crippen LogP contribution in [0.3, 0.4) is 0 Å². The quantitative estimate of drug-likeness (QED) is 0.164. The van der Waals surface area contributed by atoms with Crippen molar-refractivity contribution < 1.29 is 9.18 Å². The molecular weight excluding hydrogens is 563 g/mol. The van der Waals surface area contributed by atoms with Gasteiger partial charge in [-0.15, -0.1) is 11.3 Å². The van der Waals surface area contributed by atoms with E-state index in [9.17, 15) is 9.18 Å². The van der Waals surface area contributed by atoms with Crippen molar-refractivity contribution in [1.29, 1.82) is 0 Å². The molecule has 4 N–H and O–H groups in total. The van der Waals surface area contributed by atoms with E-state index in [1.165, 1.54) is 37.8 Å². The Morgan fingerprint density at radius 3 is 2.58 bits per heavy atom. The van der Waals surface area contributed by atoms with Crippen LogP contribution in [0, 0.1) is 18.7 Å². The minimum atomic E-state index is -0.289. The number of aromatic nitrogens is 4. The number of aryl methyl sites for hydroxylation is 1. The largest absolute Gasteiger partial charge is 0.366 e. The summed E-state index contributed by atoms with van der Waals surface area (Å²) in [6, 6.07) is 8.48. The highest BCUT2D eigenvalue weighted by Gasteiger charge is 2.32. The van der Waals surface area contributed by atoms with Crippen molar-refractivity contribution in [2.75, 3.05) is 10.6 Å². The second kappa shape index (κ2) is 11.7. The molecule has 3 aliphatic rings. The number of fused-ring (bicyclic) bond motifs is 1. The van der Waals surface area contributed by atoms with Gasteiger partial charge in [0.25, 0.3) is 0 Å². The highest BCUT2D eigenvalue weighted by molar-refractivity contribution is 7.21. The monoisotopic (exact) mass is 600 g/mol. The van der Waals surface area contributed by atoms with E-state index in [0.717, 1.165) is 62.8 Å². The fourth-order valence-electron chi connectivity index (χ4n) is 6.01. The number of nitrogens with zero attached hydrogens (tertiary/aromatic N) is 4. The van der Waals surface area contributed by atoms with Gasteiger partial charge < -0.3 is 21.3 Å². The van der Waals surface area contributed by atoms with Gasteiger partial charge in [-0.05, 0) is 88.5 Å². The molecule has 11 heteroatoms. The van der Waals surface area contributed by atoms with E-state index in [1.807, 2.05) is 19.2 Å². The third kappa shape index (κ3) is 6.41. The molecule has 3 heterocycles. The van der Waals surface area contributed by atoms with Gasteiger partial charge in [-0.3, -0.25) is 4.98 Å². The van der Waals surface area contributed by atoms with Crippen LogP contribution in [0.2, 0.25) is 0 Å². The van der Waals surface area contributed by atoms with Crippen molar-refractivity contribution in [1.82, 2.24) is 30.6 Å². The summed E-state index contributed by atoms with van der Waals surface area (Å²) in [4.78, 5) is 32.3. The standard InChI is InChI=1S/C32H37FN8OS/c1-17(20-5-6-20)36-31-37-18(2)26(30-40-28-25(43-30)13-14-34-27(28)21-7-8-21)29(41-31)38-23-11-12-24(15-23)39-32(42)35-16-19-3-9-22(33)10-4-19/h3-4,9-10,13-14,17,20-21,23-24H,5-8,11-12,15-16H2,1-2H3,(H2,35,39,42)(H2,36,37,38,41). The Kier molecular flexibility index (Phi) is 7.58. The van der Waals surface area contributed by atoms with Crippen molar-refractivity contribution >= 4 is 39.4 Å². The summed E-state index contributed by atoms with van der Waals surface area (Å²) in [5.74, 6) is 2.32. The number of amides is 2. The van der Waals surface area contributed by atoms with Crippen LogP contribution < -0.4 is 21.3 Å². The molecule has 3 fully saturated rings. The topological polar surface area (TPSA) is 117 Å². The Morgan fingerprint density at radius 1 is 1.02 bits per heavy atom. The summed E-state index contributed by atoms with van der Waals surface area (Å²) >= 11 is 1.67. The van der Waals surface area contributed by atoms with Gasteiger partial charge in [0.1, 0.15) is 22.2 Å². The average molecular weight is 601 g/mol. The van der Waals surface area contributed by atoms with Gasteiger partial charge in [0.05, 0.1) is 21.7 Å². The molecule has 0 spiro atoms. The number of carbonyl (C=O) groups excluding carboxylic acids is 1. The number of rotatable bonds is 10. The highest BCUT2D eigenvalue weighted by atomic mass is 32.1. The zero-order valence-corrected chi connectivity index (χ0v) is 25.3. The molecule has 3 unspecified atom stereocenters. The molecule has 3 aliphatic carbocycles. The molecule has 0 bridgehead atoms. The number of carbonyl (C=O) groups is 1. The summed E-state index contributed by atoms with van der Waals surface area (Å²) in [5, 5.41) is 14.1. The smallest absolute Gasteiger partial charge is 0.315 e. The maximum absolute atomic E-state index is 13.2. The molecule has 3 saturated carbocycles. The fraction of sp³-hybridized carbons (Fsp3) is 0.469. The summed E-state index contributed by atoms with van der Waals surface area (Å²) in [6.45, 7) is 4.58. The molecule has 0 saturated heterocycles. The maximum Gasteiger partial charge on any atom is 0.315 e. The summed E-state index contributed by atoms with van der Waals surface area (Å²) < 4.78 is 14.3. The molecule has 3 aromatic heterocycles. The van der Waals surface area contributed by atoms with Gasteiger partial charge in [-0.2, -0.15) is 4.98 Å². The third-order valence-electron chi connectivity index (χ3n) is 8.76. The van der Waals surface area contributed by atoms with Gasteiger partial charge in [-0.25, -0.2) is 19.2 Å². The van der Waals surface area contributed by atoms with Gasteiger partial charge >= 0.3 is 6.03 Å². The van der Waals surface area contributed by atoms with Crippen molar-refractivity contribution in [3.8, 4) is 10.6 Å². The molecule has 0 aliphatic heterocycles. The fourth-order valence-corrected chi connectivity index (χ4v) is 7.08. The lowest BCUT2D eigenvalue weighted by atomic mass is 10.2. The molecular formula is C32H37FN8OS. The first-order valence-electron chi connectivity index (χ1n) is 15.4. The second-order valence-corrected chi connectivity index (χ2v) is 13.3. The average Bonchev–Trinajstić information content (AvgIpc) is 3.92. The molecule has 0 radical (unpaired) electrons. The first-order valence-corrected chi connectivity index (χ1v) is 16.2. The predicted octanol–water partition coefficient (Wildman–Crippen LogP) is 6.52. The number of hydrogen-bond acceptors (Lipinski definition) is 8. The molecule has 9 nitrogen and oxygen atoms in total. The Balaban J connectivity index is 1.08. The molecule has 1 aromatic carbocycles. The second-order valence-electron chi connectivity index (χ2n) is 12.3. The normalized spacial score (nSPS) is 20.6. The lowest BCUT2D eigenvalue weighted by molar-refractivity contribution is 0.236. The van der Waals surface area contributed by atoms with E-state index in [2.05, 4.69) is 33.2 Å². The molecule has 3 atom stereocenters. The van der Waals surface area contributed by atoms with E-state index in [4.69, 9.17) is 15.0 Å². The minimum Gasteiger partial charge on any atom is -0.366 e. The van der Waals surface area contributed by atoms with Gasteiger partial charge in [-0.1, -0.05) is 12.1 Å². The summed E-state index contributed by atoms with van der Waals surface area (Å²) in [6.07, 6.45) is 9.28. The molecule has 4 aromatic rings. The zero-order valence-electron chi connectivity index (χ0n) is 24.5. The summed E-state index contributed by atoms with van der Waals surface area (Å²) in [7, 11) is 0. The minimum absolute atomic E-state index is 0.0409. The first-order chi connectivity index (χ1) is 20.9. The van der Waals surface area contributed by atoms with E-state index >= 15 is 0 Å². The Morgan fingerprint density at radius 2 is 1.81 bits per heavy atom. The van der Waals surface area contributed by atoms with Gasteiger partial charge in [0.2, 0.25) is 5.95 Å². The van der Waals surface area contributed by atoms with Crippen molar-refractivity contribution in [3.63, 3.8) is 0 Å². The van der Waals surface area contributed by atoms with Crippen LogP contribution in [0.5, 0.6) is 0 Å².